The molecule has 0 amide bonds. The number of hydrogen-bond donors (Lipinski definition) is 2. The third-order valence-electron chi connectivity index (χ3n) is 4.49. The first-order valence-corrected chi connectivity index (χ1v) is 8.05. The summed E-state index contributed by atoms with van der Waals surface area (Å²) < 4.78 is 12.9. The topological polar surface area (TPSA) is 119 Å². The average Bonchev–Trinajstić information content (AvgIpc) is 3.17. The van der Waals surface area contributed by atoms with Crippen LogP contribution in [0.1, 0.15) is 43.7 Å². The highest BCUT2D eigenvalue weighted by molar-refractivity contribution is 5.86. The third-order valence-corrected chi connectivity index (χ3v) is 4.49. The van der Waals surface area contributed by atoms with E-state index < -0.39 is 12.2 Å². The third kappa shape index (κ3) is 2.45. The summed E-state index contributed by atoms with van der Waals surface area (Å²) in [5.74, 6) is -0.177. The van der Waals surface area contributed by atoms with Crippen LogP contribution in [0.4, 0.5) is 0 Å². The molecule has 2 saturated heterocycles. The molecule has 0 spiro atoms. The van der Waals surface area contributed by atoms with E-state index in [9.17, 15) is 14.7 Å². The summed E-state index contributed by atoms with van der Waals surface area (Å²) in [6.45, 7) is 0.248. The maximum absolute atomic E-state index is 12.3. The maximum Gasteiger partial charge on any atom is 0.277 e. The van der Waals surface area contributed by atoms with Gasteiger partial charge in [0.2, 0.25) is 0 Å². The van der Waals surface area contributed by atoms with Crippen molar-refractivity contribution in [1.29, 1.82) is 0 Å². The van der Waals surface area contributed by atoms with Gasteiger partial charge in [0, 0.05) is 13.0 Å². The lowest BCUT2D eigenvalue weighted by molar-refractivity contribution is -0.124. The first-order valence-electron chi connectivity index (χ1n) is 8.05. The second-order valence-electron chi connectivity index (χ2n) is 6.05. The molecule has 2 aromatic rings. The molecule has 2 aliphatic rings. The number of aromatic nitrogens is 4. The van der Waals surface area contributed by atoms with Gasteiger partial charge < -0.3 is 19.6 Å². The highest BCUT2D eigenvalue weighted by atomic mass is 16.5. The number of aromatic amines is 1. The smallest absolute Gasteiger partial charge is 0.277 e. The summed E-state index contributed by atoms with van der Waals surface area (Å²) in [6.07, 6.45) is 2.36. The predicted octanol–water partition coefficient (Wildman–Crippen LogP) is 0.210. The van der Waals surface area contributed by atoms with Crippen molar-refractivity contribution in [2.45, 2.75) is 44.1 Å². The minimum Gasteiger partial charge on any atom is -0.393 e. The number of nitrogens with zero attached hydrogens (tertiary/aromatic N) is 3. The van der Waals surface area contributed by atoms with Crippen molar-refractivity contribution in [2.24, 2.45) is 0 Å². The molecule has 0 aromatic carbocycles. The summed E-state index contributed by atoms with van der Waals surface area (Å²) in [4.78, 5) is 30.9. The lowest BCUT2D eigenvalue weighted by atomic mass is 10.1. The van der Waals surface area contributed by atoms with Gasteiger partial charge in [-0.25, -0.2) is 9.67 Å². The number of Topliss-reactive ketones (excluding diaryl/α,β-unsaturated/α-hetero) is 1. The van der Waals surface area contributed by atoms with Crippen LogP contribution >= 0.6 is 0 Å². The van der Waals surface area contributed by atoms with Crippen LogP contribution in [0, 0.1) is 0 Å². The molecule has 3 atom stereocenters. The molecule has 4 heterocycles. The van der Waals surface area contributed by atoms with Gasteiger partial charge in [0.1, 0.15) is 23.4 Å². The Balaban J connectivity index is 1.80. The SMILES string of the molecule is O=C1C[C@H](c2nn(C3CCCCO3)c3c(=O)[nH]cnc23)O[C@@H]1CO. The molecular weight excluding hydrogens is 316 g/mol. The molecule has 2 N–H and O–H groups in total. The van der Waals surface area contributed by atoms with Gasteiger partial charge in [-0.15, -0.1) is 0 Å². The highest BCUT2D eigenvalue weighted by Crippen LogP contribution is 2.34. The zero-order chi connectivity index (χ0) is 16.7. The molecule has 2 aliphatic heterocycles. The van der Waals surface area contributed by atoms with Crippen molar-refractivity contribution in [3.8, 4) is 0 Å². The second-order valence-corrected chi connectivity index (χ2v) is 6.05. The summed E-state index contributed by atoms with van der Waals surface area (Å²) >= 11 is 0. The summed E-state index contributed by atoms with van der Waals surface area (Å²) in [6, 6.07) is 0. The van der Waals surface area contributed by atoms with E-state index in [4.69, 9.17) is 9.47 Å². The van der Waals surface area contributed by atoms with Gasteiger partial charge in [0.25, 0.3) is 5.56 Å². The van der Waals surface area contributed by atoms with E-state index in [2.05, 4.69) is 15.1 Å². The lowest BCUT2D eigenvalue weighted by Crippen LogP contribution is -2.22. The number of aliphatic hydroxyl groups is 1. The van der Waals surface area contributed by atoms with Crippen LogP contribution in [0.3, 0.4) is 0 Å². The Hall–Kier alpha value is -2.10. The number of ether oxygens (including phenoxy) is 2. The number of H-pyrrole nitrogens is 1. The number of nitrogens with one attached hydrogen (secondary N) is 1. The summed E-state index contributed by atoms with van der Waals surface area (Å²) in [7, 11) is 0. The summed E-state index contributed by atoms with van der Waals surface area (Å²) in [5.41, 5.74) is 0.859. The molecule has 9 heteroatoms. The van der Waals surface area contributed by atoms with Crippen LogP contribution in [-0.4, -0.2) is 50.0 Å². The van der Waals surface area contributed by atoms with Crippen molar-refractivity contribution in [3.05, 3.63) is 22.4 Å². The van der Waals surface area contributed by atoms with Gasteiger partial charge >= 0.3 is 0 Å². The standard InChI is InChI=1S/C15H18N4O5/c20-6-10-8(21)5-9(24-10)12-13-14(15(22)17-7-16-13)19(18-12)11-3-1-2-4-23-11/h7,9-11,20H,1-6H2,(H,16,17,22)/t9-,10-,11?/m1/s1. The first kappa shape index (κ1) is 15.4. The number of aliphatic hydroxyl groups excluding tert-OH is 1. The zero-order valence-corrected chi connectivity index (χ0v) is 13.0. The van der Waals surface area contributed by atoms with Crippen LogP contribution in [-0.2, 0) is 14.3 Å². The highest BCUT2D eigenvalue weighted by Gasteiger charge is 2.37. The summed E-state index contributed by atoms with van der Waals surface area (Å²) in [5, 5.41) is 13.7. The molecular formula is C15H18N4O5. The molecule has 2 fully saturated rings. The number of carbonyl (C=O) groups excluding carboxylic acids is 1. The van der Waals surface area contributed by atoms with Gasteiger partial charge in [0.05, 0.1) is 12.9 Å². The van der Waals surface area contributed by atoms with E-state index in [1.807, 2.05) is 0 Å². The minimum absolute atomic E-state index is 0.108. The van der Waals surface area contributed by atoms with Gasteiger partial charge in [-0.1, -0.05) is 0 Å². The van der Waals surface area contributed by atoms with Gasteiger partial charge in [0.15, 0.2) is 17.5 Å². The Bertz CT molecular complexity index is 823. The molecule has 0 saturated carbocycles. The first-order chi connectivity index (χ1) is 11.7. The number of fused-ring (bicyclic) bond motifs is 1. The Morgan fingerprint density at radius 2 is 2.25 bits per heavy atom. The van der Waals surface area contributed by atoms with E-state index in [1.165, 1.54) is 6.33 Å². The number of hydrogen-bond acceptors (Lipinski definition) is 7. The van der Waals surface area contributed by atoms with E-state index >= 15 is 0 Å². The van der Waals surface area contributed by atoms with Gasteiger partial charge in [-0.3, -0.25) is 9.59 Å². The van der Waals surface area contributed by atoms with E-state index in [1.54, 1.807) is 4.68 Å². The average molecular weight is 334 g/mol. The van der Waals surface area contributed by atoms with Crippen LogP contribution in [0.2, 0.25) is 0 Å². The van der Waals surface area contributed by atoms with Crippen molar-refractivity contribution >= 4 is 16.8 Å². The normalized spacial score (nSPS) is 27.9. The van der Waals surface area contributed by atoms with E-state index in [0.29, 0.717) is 23.3 Å². The molecule has 0 aliphatic carbocycles. The quantitative estimate of drug-likeness (QED) is 0.823. The van der Waals surface area contributed by atoms with Crippen molar-refractivity contribution in [2.75, 3.05) is 13.2 Å². The van der Waals surface area contributed by atoms with Crippen LogP contribution in [0.25, 0.3) is 11.0 Å². The van der Waals surface area contributed by atoms with Crippen LogP contribution in [0.5, 0.6) is 0 Å². The molecule has 2 aromatic heterocycles. The molecule has 9 nitrogen and oxygen atoms in total. The molecule has 4 rings (SSSR count). The second kappa shape index (κ2) is 6.08. The molecule has 0 bridgehead atoms. The number of carbonyl (C=O) groups is 1. The Kier molecular flexibility index (Phi) is 3.91. The molecule has 128 valence electrons. The van der Waals surface area contributed by atoms with Gasteiger partial charge in [-0.2, -0.15) is 5.10 Å². The number of rotatable bonds is 3. The van der Waals surface area contributed by atoms with Crippen molar-refractivity contribution in [3.63, 3.8) is 0 Å². The Morgan fingerprint density at radius 1 is 1.38 bits per heavy atom. The fourth-order valence-corrected chi connectivity index (χ4v) is 3.29. The van der Waals surface area contributed by atoms with Crippen molar-refractivity contribution < 1.29 is 19.4 Å². The monoisotopic (exact) mass is 334 g/mol. The molecule has 24 heavy (non-hydrogen) atoms. The fraction of sp³-hybridized carbons (Fsp3) is 0.600. The van der Waals surface area contributed by atoms with Crippen LogP contribution in [0.15, 0.2) is 11.1 Å². The van der Waals surface area contributed by atoms with Crippen LogP contribution < -0.4 is 5.56 Å². The largest absolute Gasteiger partial charge is 0.393 e. The Labute approximate surface area is 136 Å². The Morgan fingerprint density at radius 3 is 2.96 bits per heavy atom. The van der Waals surface area contributed by atoms with E-state index in [-0.39, 0.29) is 30.6 Å². The van der Waals surface area contributed by atoms with Crippen molar-refractivity contribution in [1.82, 2.24) is 19.7 Å². The maximum atomic E-state index is 12.3. The molecule has 0 radical (unpaired) electrons. The van der Waals surface area contributed by atoms with Gasteiger partial charge in [-0.05, 0) is 19.3 Å². The fourth-order valence-electron chi connectivity index (χ4n) is 3.29. The zero-order valence-electron chi connectivity index (χ0n) is 13.0. The van der Waals surface area contributed by atoms with E-state index in [0.717, 1.165) is 19.3 Å². The molecule has 1 unspecified atom stereocenters. The predicted molar refractivity (Wildman–Crippen MR) is 81.3 cm³/mol. The minimum atomic E-state index is -0.844. The number of ketones is 1. The lowest BCUT2D eigenvalue weighted by Gasteiger charge is -2.23.